The van der Waals surface area contributed by atoms with Crippen molar-refractivity contribution in [3.63, 3.8) is 0 Å². The molecule has 0 aliphatic carbocycles. The van der Waals surface area contributed by atoms with Crippen molar-refractivity contribution in [2.75, 3.05) is 6.61 Å². The molecule has 0 atom stereocenters. The molecule has 0 amide bonds. The van der Waals surface area contributed by atoms with Gasteiger partial charge in [-0.15, -0.1) is 22.7 Å². The van der Waals surface area contributed by atoms with Crippen molar-refractivity contribution < 1.29 is 9.53 Å². The van der Waals surface area contributed by atoms with E-state index in [0.29, 0.717) is 17.2 Å². The number of nitrogens with zero attached hydrogens (tertiary/aromatic N) is 2. The van der Waals surface area contributed by atoms with E-state index < -0.39 is 0 Å². The largest absolute Gasteiger partial charge is 0.462 e. The Bertz CT molecular complexity index is 559. The zero-order chi connectivity index (χ0) is 13.0. The van der Waals surface area contributed by atoms with Gasteiger partial charge in [0.15, 0.2) is 0 Å². The summed E-state index contributed by atoms with van der Waals surface area (Å²) in [6.07, 6.45) is 5.60. The van der Waals surface area contributed by atoms with E-state index in [2.05, 4.69) is 9.97 Å². The first kappa shape index (κ1) is 12.9. The maximum absolute atomic E-state index is 11.6. The molecule has 2 aromatic rings. The molecule has 2 aromatic heterocycles. The molecule has 18 heavy (non-hydrogen) atoms. The zero-order valence-electron chi connectivity index (χ0n) is 10.0. The lowest BCUT2D eigenvalue weighted by molar-refractivity contribution is 0.0531. The topological polar surface area (TPSA) is 52.1 Å². The third-order valence-corrected chi connectivity index (χ3v) is 3.96. The highest BCUT2D eigenvalue weighted by Crippen LogP contribution is 2.21. The summed E-state index contributed by atoms with van der Waals surface area (Å²) in [5.74, 6) is -0.301. The summed E-state index contributed by atoms with van der Waals surface area (Å²) in [5.41, 5.74) is 2.49. The lowest BCUT2D eigenvalue weighted by atomic mass is 10.4. The van der Waals surface area contributed by atoms with Gasteiger partial charge in [0, 0.05) is 11.1 Å². The molecular weight excluding hydrogens is 268 g/mol. The Morgan fingerprint density at radius 3 is 3.00 bits per heavy atom. The summed E-state index contributed by atoms with van der Waals surface area (Å²) >= 11 is 2.90. The number of carbonyl (C=O) groups excluding carboxylic acids is 1. The van der Waals surface area contributed by atoms with Crippen LogP contribution in [0.15, 0.2) is 11.7 Å². The van der Waals surface area contributed by atoms with Crippen LogP contribution in [0.25, 0.3) is 12.2 Å². The van der Waals surface area contributed by atoms with Crippen LogP contribution in [0.1, 0.15) is 32.2 Å². The van der Waals surface area contributed by atoms with Crippen LogP contribution >= 0.6 is 22.7 Å². The van der Waals surface area contributed by atoms with Gasteiger partial charge >= 0.3 is 5.97 Å². The quantitative estimate of drug-likeness (QED) is 0.807. The van der Waals surface area contributed by atoms with E-state index in [0.717, 1.165) is 9.88 Å². The van der Waals surface area contributed by atoms with Crippen molar-refractivity contribution in [3.05, 3.63) is 32.2 Å². The lowest BCUT2D eigenvalue weighted by Gasteiger charge is -1.97. The molecule has 0 radical (unpaired) electrons. The molecule has 0 bridgehead atoms. The Balaban J connectivity index is 2.16. The average molecular weight is 280 g/mol. The molecule has 0 aromatic carbocycles. The van der Waals surface area contributed by atoms with Crippen LogP contribution in [-0.4, -0.2) is 22.5 Å². The van der Waals surface area contributed by atoms with Crippen molar-refractivity contribution in [2.24, 2.45) is 0 Å². The van der Waals surface area contributed by atoms with Gasteiger partial charge in [-0.25, -0.2) is 9.78 Å². The first-order valence-corrected chi connectivity index (χ1v) is 7.11. The Labute approximate surface area is 113 Å². The highest BCUT2D eigenvalue weighted by atomic mass is 32.1. The van der Waals surface area contributed by atoms with Gasteiger partial charge in [0.2, 0.25) is 0 Å². The van der Waals surface area contributed by atoms with E-state index in [4.69, 9.17) is 4.74 Å². The fourth-order valence-electron chi connectivity index (χ4n) is 1.34. The Morgan fingerprint density at radius 2 is 2.33 bits per heavy atom. The number of thiazole rings is 2. The molecule has 94 valence electrons. The zero-order valence-corrected chi connectivity index (χ0v) is 11.7. The lowest BCUT2D eigenvalue weighted by Crippen LogP contribution is -2.03. The molecule has 6 heteroatoms. The van der Waals surface area contributed by atoms with Gasteiger partial charge < -0.3 is 4.74 Å². The van der Waals surface area contributed by atoms with Gasteiger partial charge in [-0.1, -0.05) is 0 Å². The van der Waals surface area contributed by atoms with Crippen LogP contribution in [0.3, 0.4) is 0 Å². The van der Waals surface area contributed by atoms with Crippen molar-refractivity contribution in [1.82, 2.24) is 9.97 Å². The fraction of sp³-hybridized carbons (Fsp3) is 0.250. The molecule has 0 spiro atoms. The number of hydrogen-bond acceptors (Lipinski definition) is 6. The van der Waals surface area contributed by atoms with Gasteiger partial charge in [-0.3, -0.25) is 4.98 Å². The number of carbonyl (C=O) groups is 1. The van der Waals surface area contributed by atoms with Gasteiger partial charge in [0.25, 0.3) is 0 Å². The molecule has 0 aliphatic heterocycles. The van der Waals surface area contributed by atoms with Gasteiger partial charge in [-0.2, -0.15) is 0 Å². The molecule has 0 N–H and O–H groups in total. The van der Waals surface area contributed by atoms with E-state index in [1.165, 1.54) is 11.3 Å². The second-order valence-corrected chi connectivity index (χ2v) is 5.37. The van der Waals surface area contributed by atoms with Crippen molar-refractivity contribution in [1.29, 1.82) is 0 Å². The van der Waals surface area contributed by atoms with E-state index in [-0.39, 0.29) is 5.97 Å². The average Bonchev–Trinajstić information content (AvgIpc) is 2.96. The molecule has 0 unspecified atom stereocenters. The standard InChI is InChI=1S/C12H12N2O2S2/c1-3-16-12(15)11-8(2)14-10(18-11)5-4-9-6-13-7-17-9/h4-7H,3H2,1-2H3. The van der Waals surface area contributed by atoms with E-state index >= 15 is 0 Å². The summed E-state index contributed by atoms with van der Waals surface area (Å²) < 4.78 is 4.97. The molecule has 0 saturated carbocycles. The molecular formula is C12H12N2O2S2. The molecule has 2 rings (SSSR count). The number of hydrogen-bond donors (Lipinski definition) is 0. The SMILES string of the molecule is CCOC(=O)c1sc(C=Cc2cncs2)nc1C. The minimum absolute atomic E-state index is 0.301. The summed E-state index contributed by atoms with van der Waals surface area (Å²) in [5, 5.41) is 0.795. The predicted molar refractivity (Wildman–Crippen MR) is 73.8 cm³/mol. The van der Waals surface area contributed by atoms with E-state index in [9.17, 15) is 4.79 Å². The smallest absolute Gasteiger partial charge is 0.350 e. The Hall–Kier alpha value is -1.53. The van der Waals surface area contributed by atoms with Crippen LogP contribution in [0.2, 0.25) is 0 Å². The Kier molecular flexibility index (Phi) is 4.22. The third-order valence-electron chi connectivity index (χ3n) is 2.12. The van der Waals surface area contributed by atoms with Crippen molar-refractivity contribution in [2.45, 2.75) is 13.8 Å². The number of ether oxygens (including phenoxy) is 1. The van der Waals surface area contributed by atoms with Gasteiger partial charge in [0.1, 0.15) is 9.88 Å². The maximum Gasteiger partial charge on any atom is 0.350 e. The van der Waals surface area contributed by atoms with Crippen molar-refractivity contribution in [3.8, 4) is 0 Å². The first-order chi connectivity index (χ1) is 8.70. The molecule has 2 heterocycles. The van der Waals surface area contributed by atoms with Crippen LogP contribution in [0.4, 0.5) is 0 Å². The minimum atomic E-state index is -0.301. The monoisotopic (exact) mass is 280 g/mol. The highest BCUT2D eigenvalue weighted by Gasteiger charge is 2.14. The summed E-state index contributed by atoms with van der Waals surface area (Å²) in [6.45, 7) is 3.98. The third kappa shape index (κ3) is 3.02. The number of rotatable bonds is 4. The summed E-state index contributed by atoms with van der Waals surface area (Å²) in [7, 11) is 0. The molecule has 0 saturated heterocycles. The van der Waals surface area contributed by atoms with Gasteiger partial charge in [0.05, 0.1) is 17.8 Å². The number of esters is 1. The summed E-state index contributed by atoms with van der Waals surface area (Å²) in [4.78, 5) is 21.6. The number of aryl methyl sites for hydroxylation is 1. The fourth-order valence-corrected chi connectivity index (χ4v) is 2.71. The van der Waals surface area contributed by atoms with E-state index in [1.807, 2.05) is 19.1 Å². The highest BCUT2D eigenvalue weighted by molar-refractivity contribution is 7.14. The minimum Gasteiger partial charge on any atom is -0.462 e. The first-order valence-electron chi connectivity index (χ1n) is 5.42. The van der Waals surface area contributed by atoms with Crippen molar-refractivity contribution >= 4 is 40.8 Å². The predicted octanol–water partition coefficient (Wildman–Crippen LogP) is 3.26. The molecule has 0 fully saturated rings. The van der Waals surface area contributed by atoms with E-state index in [1.54, 1.807) is 30.0 Å². The summed E-state index contributed by atoms with van der Waals surface area (Å²) in [6, 6.07) is 0. The van der Waals surface area contributed by atoms with Gasteiger partial charge in [-0.05, 0) is 26.0 Å². The Morgan fingerprint density at radius 1 is 1.50 bits per heavy atom. The molecule has 4 nitrogen and oxygen atoms in total. The second kappa shape index (κ2) is 5.88. The van der Waals surface area contributed by atoms with Crippen LogP contribution < -0.4 is 0 Å². The molecule has 0 aliphatic rings. The second-order valence-electron chi connectivity index (χ2n) is 3.42. The van der Waals surface area contributed by atoms with Crippen LogP contribution in [-0.2, 0) is 4.74 Å². The number of aromatic nitrogens is 2. The normalized spacial score (nSPS) is 11.0. The maximum atomic E-state index is 11.6. The van der Waals surface area contributed by atoms with Crippen LogP contribution in [0, 0.1) is 6.92 Å². The van der Waals surface area contributed by atoms with Crippen LogP contribution in [0.5, 0.6) is 0 Å².